The van der Waals surface area contributed by atoms with Crippen LogP contribution in [0.25, 0.3) is 11.0 Å². The van der Waals surface area contributed by atoms with Crippen LogP contribution in [0.2, 0.25) is 0 Å². The predicted molar refractivity (Wildman–Crippen MR) is 97.3 cm³/mol. The fraction of sp³-hybridized carbons (Fsp3) is 0.429. The number of hydrogen-bond donors (Lipinski definition) is 2. The van der Waals surface area contributed by atoms with Crippen LogP contribution in [0.1, 0.15) is 24.2 Å². The molecule has 0 aliphatic carbocycles. The zero-order chi connectivity index (χ0) is 16.7. The van der Waals surface area contributed by atoms with Crippen molar-refractivity contribution >= 4 is 41.8 Å². The van der Waals surface area contributed by atoms with Crippen molar-refractivity contribution in [2.45, 2.75) is 19.4 Å². The van der Waals surface area contributed by atoms with Gasteiger partial charge in [-0.1, -0.05) is 0 Å². The number of nitrogens with two attached hydrogens (primary N) is 1. The first kappa shape index (κ1) is 22.1. The zero-order valence-electron chi connectivity index (χ0n) is 13.8. The minimum Gasteiger partial charge on any atom is -0.350 e. The fourth-order valence-corrected chi connectivity index (χ4v) is 2.00. The fourth-order valence-electron chi connectivity index (χ4n) is 2.00. The number of aryl methyl sites for hydroxylation is 1. The van der Waals surface area contributed by atoms with Crippen molar-refractivity contribution in [3.05, 3.63) is 38.7 Å². The minimum atomic E-state index is -0.542. The number of hydrogen-bond acceptors (Lipinski definition) is 5. The first-order chi connectivity index (χ1) is 10.1. The van der Waals surface area contributed by atoms with Gasteiger partial charge in [0.2, 0.25) is 0 Å². The van der Waals surface area contributed by atoms with E-state index in [-0.39, 0.29) is 53.9 Å². The van der Waals surface area contributed by atoms with Gasteiger partial charge < -0.3 is 11.1 Å². The number of aromatic nitrogens is 3. The first-order valence-electron chi connectivity index (χ1n) is 6.74. The molecular formula is C14H21Cl2N5O3. The molecule has 0 spiro atoms. The number of carbonyl (C=O) groups is 1. The summed E-state index contributed by atoms with van der Waals surface area (Å²) >= 11 is 0. The summed E-state index contributed by atoms with van der Waals surface area (Å²) in [6, 6.07) is 1.43. The average Bonchev–Trinajstić information content (AvgIpc) is 2.47. The van der Waals surface area contributed by atoms with Crippen LogP contribution in [0, 0.1) is 0 Å². The van der Waals surface area contributed by atoms with Crippen LogP contribution >= 0.6 is 24.8 Å². The summed E-state index contributed by atoms with van der Waals surface area (Å²) in [5.74, 6) is -0.371. The quantitative estimate of drug-likeness (QED) is 0.778. The van der Waals surface area contributed by atoms with Gasteiger partial charge in [0.25, 0.3) is 11.5 Å². The summed E-state index contributed by atoms with van der Waals surface area (Å²) in [5.41, 5.74) is 4.80. The molecule has 134 valence electrons. The summed E-state index contributed by atoms with van der Waals surface area (Å²) in [6.07, 6.45) is 1.33. The van der Waals surface area contributed by atoms with Crippen LogP contribution in [-0.4, -0.2) is 32.1 Å². The smallest absolute Gasteiger partial charge is 0.332 e. The number of carbonyl (C=O) groups excluding carboxylic acids is 1. The van der Waals surface area contributed by atoms with Gasteiger partial charge in [-0.25, -0.2) is 9.78 Å². The number of nitrogens with one attached hydrogen (secondary N) is 1. The molecule has 2 rings (SSSR count). The van der Waals surface area contributed by atoms with E-state index in [1.54, 1.807) is 13.8 Å². The second kappa shape index (κ2) is 7.78. The highest BCUT2D eigenvalue weighted by atomic mass is 35.5. The highest BCUT2D eigenvalue weighted by molar-refractivity contribution is 5.96. The van der Waals surface area contributed by atoms with E-state index in [9.17, 15) is 14.4 Å². The van der Waals surface area contributed by atoms with Crippen molar-refractivity contribution in [1.29, 1.82) is 0 Å². The summed E-state index contributed by atoms with van der Waals surface area (Å²) in [4.78, 5) is 40.1. The molecule has 3 N–H and O–H groups in total. The van der Waals surface area contributed by atoms with Gasteiger partial charge in [-0.3, -0.25) is 18.7 Å². The lowest BCUT2D eigenvalue weighted by Crippen LogP contribution is -2.45. The van der Waals surface area contributed by atoms with E-state index in [1.165, 1.54) is 30.9 Å². The lowest BCUT2D eigenvalue weighted by Gasteiger charge is -2.18. The van der Waals surface area contributed by atoms with Crippen LogP contribution in [0.4, 0.5) is 0 Å². The Kier molecular flexibility index (Phi) is 7.16. The van der Waals surface area contributed by atoms with Crippen molar-refractivity contribution in [2.24, 2.45) is 19.8 Å². The van der Waals surface area contributed by atoms with Gasteiger partial charge in [-0.15, -0.1) is 24.8 Å². The number of nitrogens with zero attached hydrogens (tertiary/aromatic N) is 3. The molecular weight excluding hydrogens is 357 g/mol. The maximum absolute atomic E-state index is 12.2. The number of rotatable bonds is 3. The molecule has 0 saturated carbocycles. The van der Waals surface area contributed by atoms with Crippen LogP contribution < -0.4 is 22.3 Å². The third kappa shape index (κ3) is 4.34. The van der Waals surface area contributed by atoms with Crippen LogP contribution in [0.5, 0.6) is 0 Å². The highest BCUT2D eigenvalue weighted by Crippen LogP contribution is 2.07. The Balaban J connectivity index is 0.00000264. The highest BCUT2D eigenvalue weighted by Gasteiger charge is 2.16. The number of fused-ring (bicyclic) bond motifs is 1. The van der Waals surface area contributed by atoms with E-state index in [0.717, 1.165) is 4.57 Å². The molecule has 10 heteroatoms. The molecule has 2 heterocycles. The Labute approximate surface area is 150 Å². The van der Waals surface area contributed by atoms with Crippen molar-refractivity contribution in [3.8, 4) is 0 Å². The van der Waals surface area contributed by atoms with Gasteiger partial charge in [0.1, 0.15) is 5.65 Å². The second-order valence-electron chi connectivity index (χ2n) is 5.97. The molecule has 24 heavy (non-hydrogen) atoms. The standard InChI is InChI=1S/C14H19N5O3.2ClH/c1-14(2,15)7-17-11(20)8-5-9-10(16-6-8)18(3)13(22)19(4)12(9)21;;/h5-6H,7,15H2,1-4H3,(H,17,20);2*1H. The summed E-state index contributed by atoms with van der Waals surface area (Å²) in [5, 5.41) is 2.89. The SMILES string of the molecule is Cl.Cl.Cn1c(=O)c2cc(C(=O)NCC(C)(C)N)cnc2n(C)c1=O. The first-order valence-corrected chi connectivity index (χ1v) is 6.74. The Hall–Kier alpha value is -1.90. The Bertz CT molecular complexity index is 868. The molecule has 0 bridgehead atoms. The second-order valence-corrected chi connectivity index (χ2v) is 5.97. The van der Waals surface area contributed by atoms with Gasteiger partial charge >= 0.3 is 5.69 Å². The van der Waals surface area contributed by atoms with Gasteiger partial charge in [0, 0.05) is 32.4 Å². The van der Waals surface area contributed by atoms with Gasteiger partial charge in [0.05, 0.1) is 10.9 Å². The molecule has 0 aliphatic rings. The molecule has 8 nitrogen and oxygen atoms in total. The Morgan fingerprint density at radius 3 is 2.38 bits per heavy atom. The van der Waals surface area contributed by atoms with Crippen LogP contribution in [0.3, 0.4) is 0 Å². The van der Waals surface area contributed by atoms with Crippen LogP contribution in [-0.2, 0) is 14.1 Å². The molecule has 1 amide bonds. The minimum absolute atomic E-state index is 0. The van der Waals surface area contributed by atoms with E-state index in [2.05, 4.69) is 10.3 Å². The summed E-state index contributed by atoms with van der Waals surface area (Å²) < 4.78 is 2.25. The average molecular weight is 378 g/mol. The number of pyridine rings is 1. The maximum atomic E-state index is 12.2. The molecule has 2 aromatic rings. The van der Waals surface area contributed by atoms with Crippen molar-refractivity contribution in [3.63, 3.8) is 0 Å². The lowest BCUT2D eigenvalue weighted by atomic mass is 10.1. The third-order valence-electron chi connectivity index (χ3n) is 3.26. The number of halogens is 2. The molecule has 2 aromatic heterocycles. The van der Waals surface area contributed by atoms with Crippen molar-refractivity contribution in [2.75, 3.05) is 6.54 Å². The lowest BCUT2D eigenvalue weighted by molar-refractivity contribution is 0.0946. The normalized spacial score (nSPS) is 10.7. The number of amides is 1. The monoisotopic (exact) mass is 377 g/mol. The van der Waals surface area contributed by atoms with E-state index in [0.29, 0.717) is 0 Å². The van der Waals surface area contributed by atoms with E-state index >= 15 is 0 Å². The summed E-state index contributed by atoms with van der Waals surface area (Å²) in [6.45, 7) is 3.87. The Morgan fingerprint density at radius 1 is 1.25 bits per heavy atom. The molecule has 0 fully saturated rings. The molecule has 0 unspecified atom stereocenters. The molecule has 0 aliphatic heterocycles. The van der Waals surface area contributed by atoms with Crippen molar-refractivity contribution in [1.82, 2.24) is 19.4 Å². The molecule has 0 aromatic carbocycles. The zero-order valence-corrected chi connectivity index (χ0v) is 15.5. The third-order valence-corrected chi connectivity index (χ3v) is 3.26. The van der Waals surface area contributed by atoms with Gasteiger partial charge in [-0.2, -0.15) is 0 Å². The molecule has 0 radical (unpaired) electrons. The van der Waals surface area contributed by atoms with E-state index in [1.807, 2.05) is 0 Å². The topological polar surface area (TPSA) is 112 Å². The molecule has 0 atom stereocenters. The summed E-state index contributed by atoms with van der Waals surface area (Å²) in [7, 11) is 2.90. The van der Waals surface area contributed by atoms with Crippen molar-refractivity contribution < 1.29 is 4.79 Å². The van der Waals surface area contributed by atoms with E-state index < -0.39 is 16.8 Å². The molecule has 0 saturated heterocycles. The Morgan fingerprint density at radius 2 is 1.83 bits per heavy atom. The van der Waals surface area contributed by atoms with Gasteiger partial charge in [0.15, 0.2) is 0 Å². The van der Waals surface area contributed by atoms with Crippen LogP contribution in [0.15, 0.2) is 21.9 Å². The largest absolute Gasteiger partial charge is 0.350 e. The van der Waals surface area contributed by atoms with E-state index in [4.69, 9.17) is 5.73 Å². The maximum Gasteiger partial charge on any atom is 0.332 e. The predicted octanol–water partition coefficient (Wildman–Crippen LogP) is -0.0571. The van der Waals surface area contributed by atoms with Gasteiger partial charge in [-0.05, 0) is 19.9 Å².